The van der Waals surface area contributed by atoms with Crippen LogP contribution in [0.1, 0.15) is 51.4 Å². The summed E-state index contributed by atoms with van der Waals surface area (Å²) in [5.41, 5.74) is 11.9. The first kappa shape index (κ1) is 22.4. The molecular formula is C16H34Cl2N2O2. The number of halogens is 2. The topological polar surface area (TPSA) is 70.5 Å². The summed E-state index contributed by atoms with van der Waals surface area (Å²) < 4.78 is 11.7. The fraction of sp³-hybridized carbons (Fsp3) is 1.00. The average Bonchev–Trinajstić information content (AvgIpc) is 2.50. The first-order valence-corrected chi connectivity index (χ1v) is 8.30. The molecule has 0 amide bonds. The van der Waals surface area contributed by atoms with Crippen LogP contribution in [0.2, 0.25) is 0 Å². The van der Waals surface area contributed by atoms with Crippen molar-refractivity contribution in [3.63, 3.8) is 0 Å². The van der Waals surface area contributed by atoms with Crippen LogP contribution in [0.3, 0.4) is 0 Å². The van der Waals surface area contributed by atoms with E-state index in [2.05, 4.69) is 0 Å². The van der Waals surface area contributed by atoms with Crippen molar-refractivity contribution in [3.05, 3.63) is 0 Å². The van der Waals surface area contributed by atoms with Crippen molar-refractivity contribution in [2.45, 2.75) is 51.4 Å². The summed E-state index contributed by atoms with van der Waals surface area (Å²) in [4.78, 5) is 0. The first-order valence-electron chi connectivity index (χ1n) is 8.30. The van der Waals surface area contributed by atoms with Crippen LogP contribution in [-0.2, 0) is 9.47 Å². The lowest BCUT2D eigenvalue weighted by Crippen LogP contribution is -2.46. The molecule has 0 aromatic rings. The third-order valence-corrected chi connectivity index (χ3v) is 5.36. The average molecular weight is 357 g/mol. The molecule has 3 saturated carbocycles. The second-order valence-corrected chi connectivity index (χ2v) is 6.89. The van der Waals surface area contributed by atoms with Gasteiger partial charge < -0.3 is 20.9 Å². The number of fused-ring (bicyclic) bond motifs is 3. The van der Waals surface area contributed by atoms with E-state index in [0.29, 0.717) is 10.8 Å². The number of ether oxygens (including phenoxy) is 2. The summed E-state index contributed by atoms with van der Waals surface area (Å²) in [6.45, 7) is 5.00. The molecule has 0 aliphatic heterocycles. The molecule has 2 bridgehead atoms. The van der Waals surface area contributed by atoms with E-state index >= 15 is 0 Å². The van der Waals surface area contributed by atoms with E-state index in [-0.39, 0.29) is 24.8 Å². The molecule has 3 fully saturated rings. The second-order valence-electron chi connectivity index (χ2n) is 6.89. The highest BCUT2D eigenvalue weighted by atomic mass is 35.5. The van der Waals surface area contributed by atoms with Gasteiger partial charge in [0.2, 0.25) is 0 Å². The standard InChI is InChI=1S/C16H32N2O2.2ClH/c17-9-1-11-19-13-15-3-6-16(7-4-15,8-5-15)14-20-12-2-10-18;;/h1-14,17-18H2;2*1H. The van der Waals surface area contributed by atoms with Gasteiger partial charge in [0.05, 0.1) is 13.2 Å². The lowest BCUT2D eigenvalue weighted by atomic mass is 9.54. The van der Waals surface area contributed by atoms with Gasteiger partial charge in [-0.1, -0.05) is 0 Å². The molecule has 134 valence electrons. The minimum Gasteiger partial charge on any atom is -0.381 e. The lowest BCUT2D eigenvalue weighted by molar-refractivity contribution is -0.0939. The summed E-state index contributed by atoms with van der Waals surface area (Å²) in [6.07, 6.45) is 9.85. The van der Waals surface area contributed by atoms with E-state index in [1.54, 1.807) is 0 Å². The Hall–Kier alpha value is 0.420. The van der Waals surface area contributed by atoms with Gasteiger partial charge >= 0.3 is 0 Å². The van der Waals surface area contributed by atoms with Crippen LogP contribution in [0.4, 0.5) is 0 Å². The molecule has 0 spiro atoms. The van der Waals surface area contributed by atoms with Crippen LogP contribution >= 0.6 is 24.8 Å². The van der Waals surface area contributed by atoms with Gasteiger partial charge in [0, 0.05) is 13.2 Å². The summed E-state index contributed by atoms with van der Waals surface area (Å²) in [6, 6.07) is 0. The molecule has 0 atom stereocenters. The molecule has 0 heterocycles. The highest BCUT2D eigenvalue weighted by Gasteiger charge is 2.48. The normalized spacial score (nSPS) is 29.7. The van der Waals surface area contributed by atoms with Crippen LogP contribution in [0, 0.1) is 10.8 Å². The third kappa shape index (κ3) is 6.14. The quantitative estimate of drug-likeness (QED) is 0.590. The smallest absolute Gasteiger partial charge is 0.0522 e. The van der Waals surface area contributed by atoms with Gasteiger partial charge in [0.25, 0.3) is 0 Å². The highest BCUT2D eigenvalue weighted by Crippen LogP contribution is 2.56. The van der Waals surface area contributed by atoms with E-state index in [4.69, 9.17) is 20.9 Å². The Kier molecular flexibility index (Phi) is 11.3. The fourth-order valence-corrected chi connectivity index (χ4v) is 3.72. The maximum atomic E-state index is 5.85. The molecule has 6 heteroatoms. The monoisotopic (exact) mass is 356 g/mol. The van der Waals surface area contributed by atoms with Crippen molar-refractivity contribution >= 4 is 24.8 Å². The minimum atomic E-state index is 0. The first-order chi connectivity index (χ1) is 9.74. The second kappa shape index (κ2) is 11.1. The van der Waals surface area contributed by atoms with Gasteiger partial charge in [-0.25, -0.2) is 0 Å². The lowest BCUT2D eigenvalue weighted by Gasteiger charge is -2.53. The van der Waals surface area contributed by atoms with Gasteiger partial charge in [0.1, 0.15) is 0 Å². The largest absolute Gasteiger partial charge is 0.381 e. The van der Waals surface area contributed by atoms with E-state index in [1.165, 1.54) is 38.5 Å². The van der Waals surface area contributed by atoms with Crippen LogP contribution in [0.5, 0.6) is 0 Å². The Bertz CT molecular complexity index is 241. The summed E-state index contributed by atoms with van der Waals surface area (Å²) in [7, 11) is 0. The highest BCUT2D eigenvalue weighted by molar-refractivity contribution is 5.85. The summed E-state index contributed by atoms with van der Waals surface area (Å²) in [5, 5.41) is 0. The minimum absolute atomic E-state index is 0. The van der Waals surface area contributed by atoms with Crippen molar-refractivity contribution in [3.8, 4) is 0 Å². The Balaban J connectivity index is 0.00000220. The Morgan fingerprint density at radius 3 is 1.23 bits per heavy atom. The maximum Gasteiger partial charge on any atom is 0.0522 e. The molecule has 3 aliphatic rings. The van der Waals surface area contributed by atoms with Gasteiger partial charge in [0.15, 0.2) is 0 Å². The van der Waals surface area contributed by atoms with E-state index in [0.717, 1.165) is 52.4 Å². The van der Waals surface area contributed by atoms with Crippen LogP contribution in [-0.4, -0.2) is 39.5 Å². The van der Waals surface area contributed by atoms with Crippen LogP contribution in [0.15, 0.2) is 0 Å². The van der Waals surface area contributed by atoms with Gasteiger partial charge in [-0.05, 0) is 75.3 Å². The number of rotatable bonds is 10. The van der Waals surface area contributed by atoms with E-state index in [1.807, 2.05) is 0 Å². The number of hydrogen-bond acceptors (Lipinski definition) is 4. The van der Waals surface area contributed by atoms with Crippen LogP contribution < -0.4 is 11.5 Å². The molecule has 0 aromatic heterocycles. The van der Waals surface area contributed by atoms with Gasteiger partial charge in [-0.15, -0.1) is 24.8 Å². The SMILES string of the molecule is Cl.Cl.NCCCOCC12CCC(COCCCN)(CC1)CC2. The molecule has 4 nitrogen and oxygen atoms in total. The maximum absolute atomic E-state index is 5.85. The Morgan fingerprint density at radius 2 is 0.955 bits per heavy atom. The molecule has 0 radical (unpaired) electrons. The van der Waals surface area contributed by atoms with Crippen LogP contribution in [0.25, 0.3) is 0 Å². The Labute approximate surface area is 147 Å². The predicted molar refractivity (Wildman–Crippen MR) is 96.0 cm³/mol. The van der Waals surface area contributed by atoms with E-state index < -0.39 is 0 Å². The number of nitrogens with two attached hydrogens (primary N) is 2. The number of hydrogen-bond donors (Lipinski definition) is 2. The van der Waals surface area contributed by atoms with Crippen molar-refractivity contribution in [2.24, 2.45) is 22.3 Å². The zero-order chi connectivity index (χ0) is 14.3. The van der Waals surface area contributed by atoms with Gasteiger partial charge in [-0.3, -0.25) is 0 Å². The summed E-state index contributed by atoms with van der Waals surface area (Å²) >= 11 is 0. The fourth-order valence-electron chi connectivity index (χ4n) is 3.72. The van der Waals surface area contributed by atoms with Gasteiger partial charge in [-0.2, -0.15) is 0 Å². The molecule has 3 rings (SSSR count). The van der Waals surface area contributed by atoms with Crippen molar-refractivity contribution < 1.29 is 9.47 Å². The Morgan fingerprint density at radius 1 is 0.636 bits per heavy atom. The molecule has 22 heavy (non-hydrogen) atoms. The van der Waals surface area contributed by atoms with E-state index in [9.17, 15) is 0 Å². The van der Waals surface area contributed by atoms with Crippen molar-refractivity contribution in [1.82, 2.24) is 0 Å². The van der Waals surface area contributed by atoms with Crippen molar-refractivity contribution in [1.29, 1.82) is 0 Å². The third-order valence-electron chi connectivity index (χ3n) is 5.36. The zero-order valence-corrected chi connectivity index (χ0v) is 15.3. The molecular weight excluding hydrogens is 323 g/mol. The zero-order valence-electron chi connectivity index (χ0n) is 13.7. The molecule has 0 aromatic carbocycles. The molecule has 0 unspecified atom stereocenters. The van der Waals surface area contributed by atoms with Crippen molar-refractivity contribution in [2.75, 3.05) is 39.5 Å². The predicted octanol–water partition coefficient (Wildman–Crippen LogP) is 2.90. The molecule has 0 saturated heterocycles. The molecule has 4 N–H and O–H groups in total. The molecule has 3 aliphatic carbocycles. The summed E-state index contributed by atoms with van der Waals surface area (Å²) in [5.74, 6) is 0.